The highest BCUT2D eigenvalue weighted by atomic mass is 32.1. The third-order valence-corrected chi connectivity index (χ3v) is 7.25. The summed E-state index contributed by atoms with van der Waals surface area (Å²) in [5.74, 6) is -0.0900. The average Bonchev–Trinajstić information content (AvgIpc) is 3.64. The highest BCUT2D eigenvalue weighted by Crippen LogP contribution is 2.27. The summed E-state index contributed by atoms with van der Waals surface area (Å²) in [5.41, 5.74) is 6.50. The molecule has 2 aliphatic heterocycles. The van der Waals surface area contributed by atoms with Gasteiger partial charge in [-0.2, -0.15) is 19.5 Å². The van der Waals surface area contributed by atoms with Gasteiger partial charge in [0.25, 0.3) is 5.78 Å². The van der Waals surface area contributed by atoms with Crippen LogP contribution in [0.4, 0.5) is 26.4 Å². The monoisotopic (exact) mass is 512 g/mol. The maximum Gasteiger partial charge on any atom is 0.259 e. The number of nitrogen functional groups attached to an aromatic ring is 1. The predicted molar refractivity (Wildman–Crippen MR) is 130 cm³/mol. The molecule has 2 aliphatic rings. The van der Waals surface area contributed by atoms with E-state index in [2.05, 4.69) is 25.0 Å². The van der Waals surface area contributed by atoms with Crippen LogP contribution in [-0.2, 0) is 4.79 Å². The summed E-state index contributed by atoms with van der Waals surface area (Å²) < 4.78 is 28.8. The fourth-order valence-corrected chi connectivity index (χ4v) is 5.29. The van der Waals surface area contributed by atoms with E-state index >= 15 is 0 Å². The molecule has 36 heavy (non-hydrogen) atoms. The van der Waals surface area contributed by atoms with Gasteiger partial charge in [-0.1, -0.05) is 0 Å². The summed E-state index contributed by atoms with van der Waals surface area (Å²) in [4.78, 5) is 36.6. The van der Waals surface area contributed by atoms with Gasteiger partial charge in [0.15, 0.2) is 5.01 Å². The van der Waals surface area contributed by atoms with Gasteiger partial charge < -0.3 is 20.4 Å². The highest BCUT2D eigenvalue weighted by Gasteiger charge is 2.37. The van der Waals surface area contributed by atoms with E-state index < -0.39 is 17.7 Å². The normalized spacial score (nSPS) is 18.4. The lowest BCUT2D eigenvalue weighted by molar-refractivity contribution is -0.132. The Labute approximate surface area is 208 Å². The van der Waals surface area contributed by atoms with Crippen molar-refractivity contribution in [2.75, 3.05) is 48.3 Å². The maximum absolute atomic E-state index is 14.2. The summed E-state index contributed by atoms with van der Waals surface area (Å²) in [6, 6.07) is 3.12. The van der Waals surface area contributed by atoms with Gasteiger partial charge in [0, 0.05) is 50.4 Å². The molecule has 0 spiro atoms. The number of fused-ring (bicyclic) bond motifs is 1. The van der Waals surface area contributed by atoms with Crippen LogP contribution < -0.4 is 15.5 Å². The number of piperazine rings is 1. The molecular formula is C22H22F2N10OS. The number of nitrogens with two attached hydrogens (primary N) is 1. The molecule has 1 aromatic carbocycles. The topological polar surface area (TPSA) is 122 Å². The first-order valence-electron chi connectivity index (χ1n) is 11.5. The third kappa shape index (κ3) is 3.96. The minimum Gasteiger partial charge on any atom is -0.368 e. The highest BCUT2D eigenvalue weighted by molar-refractivity contribution is 7.13. The van der Waals surface area contributed by atoms with Crippen molar-refractivity contribution in [3.8, 4) is 10.8 Å². The van der Waals surface area contributed by atoms with Crippen LogP contribution in [0.25, 0.3) is 16.6 Å². The number of benzene rings is 1. The molecule has 3 aromatic heterocycles. The van der Waals surface area contributed by atoms with Crippen molar-refractivity contribution in [2.24, 2.45) is 0 Å². The van der Waals surface area contributed by atoms with Crippen molar-refractivity contribution in [1.29, 1.82) is 0 Å². The van der Waals surface area contributed by atoms with Gasteiger partial charge >= 0.3 is 0 Å². The summed E-state index contributed by atoms with van der Waals surface area (Å²) in [5, 5.41) is 6.83. The van der Waals surface area contributed by atoms with Crippen molar-refractivity contribution >= 4 is 40.6 Å². The second-order valence-corrected chi connectivity index (χ2v) is 9.52. The zero-order valence-corrected chi connectivity index (χ0v) is 19.9. The SMILES string of the molecule is Nc1nc(N2CCC[C@H]2C(=O)N2CCN(c3ccc(F)cc3F)CC2)nc2nc(-c3nccs3)nn12. The van der Waals surface area contributed by atoms with Gasteiger partial charge in [-0.15, -0.1) is 16.4 Å². The van der Waals surface area contributed by atoms with Gasteiger partial charge in [-0.05, 0) is 25.0 Å². The van der Waals surface area contributed by atoms with E-state index in [0.717, 1.165) is 12.5 Å². The van der Waals surface area contributed by atoms with E-state index in [0.29, 0.717) is 61.6 Å². The first-order chi connectivity index (χ1) is 17.5. The molecule has 6 rings (SSSR count). The lowest BCUT2D eigenvalue weighted by atomic mass is 10.1. The molecule has 4 aromatic rings. The van der Waals surface area contributed by atoms with Gasteiger partial charge in [0.05, 0.1) is 5.69 Å². The van der Waals surface area contributed by atoms with Crippen molar-refractivity contribution in [2.45, 2.75) is 18.9 Å². The van der Waals surface area contributed by atoms with E-state index in [1.165, 1.54) is 28.0 Å². The number of rotatable bonds is 4. The largest absolute Gasteiger partial charge is 0.368 e. The number of thiazole rings is 1. The fraction of sp³-hybridized carbons (Fsp3) is 0.364. The number of carbonyl (C=O) groups excluding carboxylic acids is 1. The number of anilines is 3. The Hall–Kier alpha value is -3.94. The maximum atomic E-state index is 14.2. The van der Waals surface area contributed by atoms with Crippen LogP contribution >= 0.6 is 11.3 Å². The molecule has 14 heteroatoms. The predicted octanol–water partition coefficient (Wildman–Crippen LogP) is 1.82. The van der Waals surface area contributed by atoms with Crippen molar-refractivity contribution in [1.82, 2.24) is 34.4 Å². The molecule has 0 bridgehead atoms. The van der Waals surface area contributed by atoms with E-state index in [1.807, 2.05) is 15.2 Å². The molecule has 0 radical (unpaired) electrons. The van der Waals surface area contributed by atoms with Crippen molar-refractivity contribution in [3.05, 3.63) is 41.4 Å². The van der Waals surface area contributed by atoms with Crippen LogP contribution in [0.1, 0.15) is 12.8 Å². The Bertz CT molecular complexity index is 1420. The minimum absolute atomic E-state index is 0.0290. The summed E-state index contributed by atoms with van der Waals surface area (Å²) >= 11 is 1.41. The van der Waals surface area contributed by atoms with Crippen LogP contribution in [0.15, 0.2) is 29.8 Å². The number of aromatic nitrogens is 6. The molecule has 5 heterocycles. The molecule has 2 N–H and O–H groups in total. The Balaban J connectivity index is 1.19. The second-order valence-electron chi connectivity index (χ2n) is 8.63. The van der Waals surface area contributed by atoms with E-state index in [9.17, 15) is 13.6 Å². The quantitative estimate of drug-likeness (QED) is 0.436. The number of amides is 1. The molecule has 2 saturated heterocycles. The summed E-state index contributed by atoms with van der Waals surface area (Å²) in [6.45, 7) is 2.39. The molecule has 2 fully saturated rings. The Morgan fingerprint density at radius 1 is 1.08 bits per heavy atom. The standard InChI is InChI=1S/C22H22F2N10OS/c23-13-3-4-15(14(24)12-13)31-7-9-32(10-8-31)19(35)16-2-1-6-33(16)21-28-20(25)34-22(29-21)27-17(30-34)18-26-5-11-36-18/h3-5,11-12,16H,1-2,6-10H2,(H2,25,27,28,29,30)/t16-/m0/s1. The molecule has 1 amide bonds. The number of hydrogen-bond donors (Lipinski definition) is 1. The van der Waals surface area contributed by atoms with E-state index in [4.69, 9.17) is 5.73 Å². The van der Waals surface area contributed by atoms with E-state index in [1.54, 1.807) is 11.1 Å². The molecular weight excluding hydrogens is 490 g/mol. The number of hydrogen-bond acceptors (Lipinski definition) is 10. The van der Waals surface area contributed by atoms with Gasteiger partial charge in [-0.3, -0.25) is 4.79 Å². The second kappa shape index (κ2) is 8.93. The summed E-state index contributed by atoms with van der Waals surface area (Å²) in [6.07, 6.45) is 3.14. The van der Waals surface area contributed by atoms with E-state index in [-0.39, 0.29) is 17.6 Å². The Morgan fingerprint density at radius 3 is 2.67 bits per heavy atom. The van der Waals surface area contributed by atoms with Gasteiger partial charge in [0.2, 0.25) is 23.6 Å². The van der Waals surface area contributed by atoms with Gasteiger partial charge in [-0.25, -0.2) is 13.8 Å². The Kier molecular flexibility index (Phi) is 5.59. The van der Waals surface area contributed by atoms with Crippen LogP contribution in [-0.4, -0.2) is 79.1 Å². The number of nitrogens with zero attached hydrogens (tertiary/aromatic N) is 9. The first-order valence-corrected chi connectivity index (χ1v) is 12.4. The smallest absolute Gasteiger partial charge is 0.259 e. The minimum atomic E-state index is -0.613. The zero-order valence-electron chi connectivity index (χ0n) is 19.1. The van der Waals surface area contributed by atoms with Crippen molar-refractivity contribution < 1.29 is 13.6 Å². The third-order valence-electron chi connectivity index (χ3n) is 6.48. The average molecular weight is 513 g/mol. The lowest BCUT2D eigenvalue weighted by Crippen LogP contribution is -2.54. The molecule has 0 saturated carbocycles. The molecule has 0 unspecified atom stereocenters. The molecule has 186 valence electrons. The number of carbonyl (C=O) groups is 1. The summed E-state index contributed by atoms with van der Waals surface area (Å²) in [7, 11) is 0. The van der Waals surface area contributed by atoms with Crippen LogP contribution in [0.2, 0.25) is 0 Å². The van der Waals surface area contributed by atoms with Crippen LogP contribution in [0, 0.1) is 11.6 Å². The molecule has 1 atom stereocenters. The van der Waals surface area contributed by atoms with Gasteiger partial charge in [0.1, 0.15) is 17.7 Å². The zero-order chi connectivity index (χ0) is 24.8. The molecule has 11 nitrogen and oxygen atoms in total. The fourth-order valence-electron chi connectivity index (χ4n) is 4.73. The number of halogens is 2. The first kappa shape index (κ1) is 22.5. The van der Waals surface area contributed by atoms with Crippen molar-refractivity contribution in [3.63, 3.8) is 0 Å². The lowest BCUT2D eigenvalue weighted by Gasteiger charge is -2.38. The van der Waals surface area contributed by atoms with Crippen LogP contribution in [0.3, 0.4) is 0 Å². The van der Waals surface area contributed by atoms with Crippen LogP contribution in [0.5, 0.6) is 0 Å². The molecule has 0 aliphatic carbocycles. The Morgan fingerprint density at radius 2 is 1.92 bits per heavy atom.